The third-order valence-corrected chi connectivity index (χ3v) is 6.96. The molecule has 42 heavy (non-hydrogen) atoms. The highest BCUT2D eigenvalue weighted by molar-refractivity contribution is 5.67. The van der Waals surface area contributed by atoms with Crippen molar-refractivity contribution in [3.63, 3.8) is 0 Å². The van der Waals surface area contributed by atoms with Gasteiger partial charge in [0.1, 0.15) is 30.1 Å². The van der Waals surface area contributed by atoms with Gasteiger partial charge in [-0.3, -0.25) is 0 Å². The summed E-state index contributed by atoms with van der Waals surface area (Å²) in [4.78, 5) is 21.4. The predicted octanol–water partition coefficient (Wildman–Crippen LogP) is 6.57. The second-order valence-corrected chi connectivity index (χ2v) is 10.2. The van der Waals surface area contributed by atoms with E-state index in [1.165, 1.54) is 37.4 Å². The van der Waals surface area contributed by atoms with Gasteiger partial charge in [0.05, 0.1) is 31.7 Å². The first-order valence-corrected chi connectivity index (χ1v) is 13.5. The van der Waals surface area contributed by atoms with Crippen LogP contribution in [0.5, 0.6) is 17.5 Å². The van der Waals surface area contributed by atoms with Crippen molar-refractivity contribution in [1.82, 2.24) is 29.5 Å². The molecule has 222 valence electrons. The normalized spacial score (nSPS) is 13.5. The molecule has 3 heterocycles. The molecular weight excluding hydrogens is 556 g/mol. The largest absolute Gasteiger partial charge is 0.490 e. The fourth-order valence-corrected chi connectivity index (χ4v) is 4.73. The molecule has 9 nitrogen and oxygen atoms in total. The SMILES string of the molecule is CCc1cc(COc2nc(-c3c(OC)ncnc3C3CC3)ncc2OC)cc(F)c1-c1nc(C(F)(F)F)cn1C(C)C. The zero-order chi connectivity index (χ0) is 30.2. The molecule has 4 aromatic rings. The molecule has 5 rings (SSSR count). The van der Waals surface area contributed by atoms with Crippen LogP contribution in [0.2, 0.25) is 0 Å². The van der Waals surface area contributed by atoms with E-state index in [0.29, 0.717) is 34.8 Å². The number of hydrogen-bond acceptors (Lipinski definition) is 8. The fourth-order valence-electron chi connectivity index (χ4n) is 4.73. The van der Waals surface area contributed by atoms with Crippen LogP contribution in [-0.4, -0.2) is 43.7 Å². The number of methoxy groups -OCH3 is 2. The molecule has 1 saturated carbocycles. The van der Waals surface area contributed by atoms with E-state index in [2.05, 4.69) is 24.9 Å². The first kappa shape index (κ1) is 29.2. The summed E-state index contributed by atoms with van der Waals surface area (Å²) >= 11 is 0. The maximum atomic E-state index is 15.6. The Balaban J connectivity index is 1.48. The second kappa shape index (κ2) is 11.5. The van der Waals surface area contributed by atoms with Crippen molar-refractivity contribution in [3.05, 3.63) is 59.2 Å². The van der Waals surface area contributed by atoms with E-state index >= 15 is 4.39 Å². The molecule has 0 radical (unpaired) electrons. The summed E-state index contributed by atoms with van der Waals surface area (Å²) < 4.78 is 74.2. The number of imidazole rings is 1. The van der Waals surface area contributed by atoms with Crippen molar-refractivity contribution in [1.29, 1.82) is 0 Å². The Labute approximate surface area is 239 Å². The quantitative estimate of drug-likeness (QED) is 0.193. The average Bonchev–Trinajstić information content (AvgIpc) is 3.71. The summed E-state index contributed by atoms with van der Waals surface area (Å²) in [6, 6.07) is 2.55. The van der Waals surface area contributed by atoms with Crippen molar-refractivity contribution in [2.24, 2.45) is 0 Å². The van der Waals surface area contributed by atoms with Gasteiger partial charge in [0, 0.05) is 18.2 Å². The Hall–Kier alpha value is -4.29. The van der Waals surface area contributed by atoms with Crippen LogP contribution in [0.15, 0.2) is 30.9 Å². The van der Waals surface area contributed by atoms with Crippen LogP contribution in [0.3, 0.4) is 0 Å². The number of alkyl halides is 3. The number of halogens is 4. The second-order valence-electron chi connectivity index (χ2n) is 10.2. The minimum atomic E-state index is -4.66. The van der Waals surface area contributed by atoms with Gasteiger partial charge in [-0.1, -0.05) is 13.0 Å². The summed E-state index contributed by atoms with van der Waals surface area (Å²) in [5, 5.41) is 0. The molecule has 0 saturated heterocycles. The lowest BCUT2D eigenvalue weighted by molar-refractivity contribution is -0.140. The summed E-state index contributed by atoms with van der Waals surface area (Å²) in [5.74, 6) is 0.483. The Morgan fingerprint density at radius 1 is 1.00 bits per heavy atom. The lowest BCUT2D eigenvalue weighted by atomic mass is 10.0. The van der Waals surface area contributed by atoms with Crippen molar-refractivity contribution in [2.75, 3.05) is 14.2 Å². The molecule has 3 aromatic heterocycles. The molecular formula is C29H30F4N6O3. The molecule has 0 unspecified atom stereocenters. The number of ether oxygens (including phenoxy) is 3. The van der Waals surface area contributed by atoms with Gasteiger partial charge < -0.3 is 18.8 Å². The van der Waals surface area contributed by atoms with E-state index < -0.39 is 17.7 Å². The van der Waals surface area contributed by atoms with Gasteiger partial charge in [-0.2, -0.15) is 18.2 Å². The van der Waals surface area contributed by atoms with E-state index in [1.807, 2.05) is 0 Å². The van der Waals surface area contributed by atoms with Gasteiger partial charge in [-0.25, -0.2) is 24.3 Å². The van der Waals surface area contributed by atoms with Gasteiger partial charge >= 0.3 is 6.18 Å². The highest BCUT2D eigenvalue weighted by Crippen LogP contribution is 2.45. The van der Waals surface area contributed by atoms with Crippen molar-refractivity contribution >= 4 is 0 Å². The molecule has 0 bridgehead atoms. The summed E-state index contributed by atoms with van der Waals surface area (Å²) in [7, 11) is 2.95. The molecule has 1 aliphatic carbocycles. The van der Waals surface area contributed by atoms with Crippen LogP contribution in [0.4, 0.5) is 17.6 Å². The highest BCUT2D eigenvalue weighted by atomic mass is 19.4. The fraction of sp³-hybridized carbons (Fsp3) is 0.414. The smallest absolute Gasteiger partial charge is 0.434 e. The minimum absolute atomic E-state index is 0.0242. The highest BCUT2D eigenvalue weighted by Gasteiger charge is 2.36. The Morgan fingerprint density at radius 3 is 2.38 bits per heavy atom. The van der Waals surface area contributed by atoms with E-state index in [-0.39, 0.29) is 41.6 Å². The third kappa shape index (κ3) is 5.72. The van der Waals surface area contributed by atoms with Gasteiger partial charge in [-0.05, 0) is 50.3 Å². The Bertz CT molecular complexity index is 1600. The van der Waals surface area contributed by atoms with E-state index in [4.69, 9.17) is 14.2 Å². The molecule has 1 aromatic carbocycles. The van der Waals surface area contributed by atoms with Gasteiger partial charge in [-0.15, -0.1) is 0 Å². The number of aryl methyl sites for hydroxylation is 1. The standard InChI is InChI=1S/C29H30F4N6O3/c1-6-17-9-16(10-19(30)22(17)26-37-21(29(31,32)33)12-39(26)15(2)3)13-42-27-20(40-4)11-34-25(38-27)23-24(18-7-8-18)35-14-36-28(23)41-5/h9-12,14-15,18H,6-8,13H2,1-5H3. The topological polar surface area (TPSA) is 97.1 Å². The van der Waals surface area contributed by atoms with Crippen molar-refractivity contribution in [2.45, 2.75) is 64.8 Å². The first-order chi connectivity index (χ1) is 20.0. The lowest BCUT2D eigenvalue weighted by Crippen LogP contribution is -2.07. The molecule has 0 atom stereocenters. The van der Waals surface area contributed by atoms with Crippen LogP contribution in [-0.2, 0) is 19.2 Å². The van der Waals surface area contributed by atoms with Crippen LogP contribution in [0.1, 0.15) is 68.1 Å². The maximum absolute atomic E-state index is 15.6. The Morgan fingerprint density at radius 2 is 1.76 bits per heavy atom. The van der Waals surface area contributed by atoms with Crippen LogP contribution >= 0.6 is 0 Å². The summed E-state index contributed by atoms with van der Waals surface area (Å²) in [6.07, 6.45) is 1.49. The summed E-state index contributed by atoms with van der Waals surface area (Å²) in [6.45, 7) is 5.13. The van der Waals surface area contributed by atoms with Crippen molar-refractivity contribution in [3.8, 4) is 40.3 Å². The third-order valence-electron chi connectivity index (χ3n) is 6.96. The first-order valence-electron chi connectivity index (χ1n) is 13.5. The minimum Gasteiger partial charge on any atom is -0.490 e. The zero-order valence-electron chi connectivity index (χ0n) is 23.8. The molecule has 13 heteroatoms. The monoisotopic (exact) mass is 586 g/mol. The Kier molecular flexibility index (Phi) is 8.02. The molecule has 0 amide bonds. The summed E-state index contributed by atoms with van der Waals surface area (Å²) in [5.41, 5.74) is 1.25. The predicted molar refractivity (Wildman–Crippen MR) is 145 cm³/mol. The lowest BCUT2D eigenvalue weighted by Gasteiger charge is -2.17. The van der Waals surface area contributed by atoms with Crippen molar-refractivity contribution < 1.29 is 31.8 Å². The van der Waals surface area contributed by atoms with Gasteiger partial charge in [0.2, 0.25) is 5.88 Å². The number of hydrogen-bond donors (Lipinski definition) is 0. The zero-order valence-corrected chi connectivity index (χ0v) is 23.8. The van der Waals surface area contributed by atoms with Gasteiger partial charge in [0.15, 0.2) is 17.3 Å². The average molecular weight is 587 g/mol. The van der Waals surface area contributed by atoms with Crippen LogP contribution in [0.25, 0.3) is 22.8 Å². The van der Waals surface area contributed by atoms with Gasteiger partial charge in [0.25, 0.3) is 5.88 Å². The number of aromatic nitrogens is 6. The molecule has 0 N–H and O–H groups in total. The molecule has 0 aliphatic heterocycles. The molecule has 0 spiro atoms. The van der Waals surface area contributed by atoms with E-state index in [9.17, 15) is 13.2 Å². The number of rotatable bonds is 10. The van der Waals surface area contributed by atoms with Crippen LogP contribution in [0, 0.1) is 5.82 Å². The number of benzene rings is 1. The van der Waals surface area contributed by atoms with E-state index in [1.54, 1.807) is 26.8 Å². The van der Waals surface area contributed by atoms with E-state index in [0.717, 1.165) is 24.7 Å². The number of nitrogens with zero attached hydrogens (tertiary/aromatic N) is 6. The molecule has 1 aliphatic rings. The maximum Gasteiger partial charge on any atom is 0.434 e. The van der Waals surface area contributed by atoms with Crippen LogP contribution < -0.4 is 14.2 Å². The molecule has 1 fully saturated rings.